The summed E-state index contributed by atoms with van der Waals surface area (Å²) < 4.78 is 0.496. The topological polar surface area (TPSA) is 37.3 Å². The van der Waals surface area contributed by atoms with Gasteiger partial charge in [-0.3, -0.25) is 4.79 Å². The monoisotopic (exact) mass is 340 g/mol. The Labute approximate surface area is 92.2 Å². The molecule has 1 N–H and O–H groups in total. The van der Waals surface area contributed by atoms with Crippen molar-refractivity contribution in [3.8, 4) is 0 Å². The van der Waals surface area contributed by atoms with Crippen LogP contribution in [0.1, 0.15) is 9.49 Å². The Bertz CT molecular complexity index is 284. The summed E-state index contributed by atoms with van der Waals surface area (Å²) in [6.45, 7) is 0. The van der Waals surface area contributed by atoms with E-state index in [1.165, 1.54) is 0 Å². The summed E-state index contributed by atoms with van der Waals surface area (Å²) in [5.74, 6) is -0.807. The lowest BCUT2D eigenvalue weighted by Gasteiger charge is -2.03. The van der Waals surface area contributed by atoms with Gasteiger partial charge in [0.15, 0.2) is 0 Å². The summed E-state index contributed by atoms with van der Waals surface area (Å²) in [4.78, 5) is 10.6. The van der Waals surface area contributed by atoms with Crippen molar-refractivity contribution >= 4 is 44.5 Å². The van der Waals surface area contributed by atoms with Crippen molar-refractivity contribution in [2.45, 2.75) is 3.92 Å². The number of hydrogen-bond acceptors (Lipinski definition) is 1. The summed E-state index contributed by atoms with van der Waals surface area (Å²) in [7, 11) is 0. The number of carboxylic acids is 1. The Hall–Kier alpha value is -0.100. The van der Waals surface area contributed by atoms with Gasteiger partial charge in [-0.1, -0.05) is 50.7 Å². The molecule has 0 spiro atoms. The minimum absolute atomic E-state index is 0.462. The van der Waals surface area contributed by atoms with Crippen LogP contribution in [-0.4, -0.2) is 11.1 Å². The number of carbonyl (C=O) groups is 1. The second-order valence-electron chi connectivity index (χ2n) is 2.25. The number of hydrogen-bond donors (Lipinski definition) is 1. The highest BCUT2D eigenvalue weighted by atomic mass is 127. The highest BCUT2D eigenvalue weighted by Crippen LogP contribution is 2.24. The molecule has 0 aliphatic rings. The lowest BCUT2D eigenvalue weighted by molar-refractivity contribution is -0.136. The van der Waals surface area contributed by atoms with E-state index in [0.29, 0.717) is 0 Å². The van der Waals surface area contributed by atoms with Gasteiger partial charge in [0.1, 0.15) is 3.92 Å². The van der Waals surface area contributed by atoms with Crippen LogP contribution < -0.4 is 0 Å². The Kier molecular flexibility index (Phi) is 3.52. The summed E-state index contributed by atoms with van der Waals surface area (Å²) in [5, 5.41) is 8.69. The summed E-state index contributed by atoms with van der Waals surface area (Å²) in [5.41, 5.74) is 0.811. The van der Waals surface area contributed by atoms with Crippen LogP contribution in [0.2, 0.25) is 0 Å². The maximum Gasteiger partial charge on any atom is 0.320 e. The summed E-state index contributed by atoms with van der Waals surface area (Å²) in [6, 6.07) is 7.28. The zero-order chi connectivity index (χ0) is 9.14. The average molecular weight is 341 g/mol. The van der Waals surface area contributed by atoms with E-state index in [0.717, 1.165) is 10.0 Å². The summed E-state index contributed by atoms with van der Waals surface area (Å²) in [6.07, 6.45) is 0. The van der Waals surface area contributed by atoms with Crippen molar-refractivity contribution in [3.05, 3.63) is 34.3 Å². The van der Waals surface area contributed by atoms with Crippen LogP contribution in [0.3, 0.4) is 0 Å². The van der Waals surface area contributed by atoms with Crippen molar-refractivity contribution in [3.63, 3.8) is 0 Å². The third kappa shape index (κ3) is 2.45. The number of rotatable bonds is 2. The maximum absolute atomic E-state index is 10.6. The molecule has 0 aromatic heterocycles. The van der Waals surface area contributed by atoms with Gasteiger partial charge in [0, 0.05) is 4.47 Å². The Morgan fingerprint density at radius 1 is 1.42 bits per heavy atom. The van der Waals surface area contributed by atoms with Gasteiger partial charge in [0.25, 0.3) is 0 Å². The largest absolute Gasteiger partial charge is 0.480 e. The molecule has 0 bridgehead atoms. The normalized spacial score (nSPS) is 12.5. The van der Waals surface area contributed by atoms with E-state index in [4.69, 9.17) is 5.11 Å². The van der Waals surface area contributed by atoms with Crippen LogP contribution in [-0.2, 0) is 4.79 Å². The van der Waals surface area contributed by atoms with Gasteiger partial charge in [-0.25, -0.2) is 0 Å². The maximum atomic E-state index is 10.6. The van der Waals surface area contributed by atoms with Gasteiger partial charge in [0.2, 0.25) is 0 Å². The van der Waals surface area contributed by atoms with Crippen molar-refractivity contribution in [2.75, 3.05) is 0 Å². The molecule has 0 radical (unpaired) electrons. The van der Waals surface area contributed by atoms with Crippen LogP contribution in [0.15, 0.2) is 28.7 Å². The first-order chi connectivity index (χ1) is 5.61. The fraction of sp³-hybridized carbons (Fsp3) is 0.125. The third-order valence-electron chi connectivity index (χ3n) is 1.38. The molecule has 0 aliphatic carbocycles. The van der Waals surface area contributed by atoms with Crippen molar-refractivity contribution in [1.29, 1.82) is 0 Å². The summed E-state index contributed by atoms with van der Waals surface area (Å²) >= 11 is 5.18. The molecule has 0 aliphatic heterocycles. The van der Waals surface area contributed by atoms with E-state index in [9.17, 15) is 4.79 Å². The molecule has 2 nitrogen and oxygen atoms in total. The Morgan fingerprint density at radius 2 is 1.92 bits per heavy atom. The molecule has 64 valence electrons. The molecule has 1 aromatic carbocycles. The SMILES string of the molecule is O=C(O)C(I)c1ccc(Br)cc1. The lowest BCUT2D eigenvalue weighted by Crippen LogP contribution is -2.03. The van der Waals surface area contributed by atoms with Gasteiger partial charge in [-0.2, -0.15) is 0 Å². The molecule has 0 amide bonds. The number of aliphatic carboxylic acids is 1. The lowest BCUT2D eigenvalue weighted by atomic mass is 10.2. The van der Waals surface area contributed by atoms with Crippen molar-refractivity contribution in [2.24, 2.45) is 0 Å². The van der Waals surface area contributed by atoms with Crippen LogP contribution in [0, 0.1) is 0 Å². The van der Waals surface area contributed by atoms with Crippen LogP contribution in [0.4, 0.5) is 0 Å². The standard InChI is InChI=1S/C8H6BrIO2/c9-6-3-1-5(2-4-6)7(10)8(11)12/h1-4,7H,(H,11,12). The van der Waals surface area contributed by atoms with E-state index in [1.807, 2.05) is 34.7 Å². The van der Waals surface area contributed by atoms with Crippen LogP contribution >= 0.6 is 38.5 Å². The molecule has 1 unspecified atom stereocenters. The predicted octanol–water partition coefficient (Wildman–Crippen LogP) is 3.01. The number of halogens is 2. The molecule has 1 rings (SSSR count). The molecule has 0 saturated carbocycles. The van der Waals surface area contributed by atoms with Gasteiger partial charge in [-0.05, 0) is 17.7 Å². The number of alkyl halides is 1. The van der Waals surface area contributed by atoms with E-state index in [1.54, 1.807) is 12.1 Å². The highest BCUT2D eigenvalue weighted by molar-refractivity contribution is 14.1. The fourth-order valence-corrected chi connectivity index (χ4v) is 1.45. The quantitative estimate of drug-likeness (QED) is 0.663. The average Bonchev–Trinajstić information content (AvgIpc) is 2.04. The molecule has 1 aromatic rings. The molecule has 12 heavy (non-hydrogen) atoms. The molecular formula is C8H6BrIO2. The molecule has 0 fully saturated rings. The van der Waals surface area contributed by atoms with Crippen molar-refractivity contribution in [1.82, 2.24) is 0 Å². The first-order valence-electron chi connectivity index (χ1n) is 3.23. The van der Waals surface area contributed by atoms with Crippen molar-refractivity contribution < 1.29 is 9.90 Å². The Morgan fingerprint density at radius 3 is 2.33 bits per heavy atom. The second-order valence-corrected chi connectivity index (χ2v) is 4.41. The number of benzene rings is 1. The second kappa shape index (κ2) is 4.23. The fourth-order valence-electron chi connectivity index (χ4n) is 0.774. The smallest absolute Gasteiger partial charge is 0.320 e. The van der Waals surface area contributed by atoms with E-state index in [-0.39, 0.29) is 0 Å². The number of carboxylic acid groups (broad SMARTS) is 1. The first kappa shape index (κ1) is 9.98. The molecule has 0 saturated heterocycles. The molecule has 1 atom stereocenters. The third-order valence-corrected chi connectivity index (χ3v) is 3.16. The molecular weight excluding hydrogens is 335 g/mol. The minimum atomic E-state index is -0.807. The first-order valence-corrected chi connectivity index (χ1v) is 5.27. The predicted molar refractivity (Wildman–Crippen MR) is 58.5 cm³/mol. The van der Waals surface area contributed by atoms with Gasteiger partial charge in [-0.15, -0.1) is 0 Å². The van der Waals surface area contributed by atoms with Crippen LogP contribution in [0.5, 0.6) is 0 Å². The van der Waals surface area contributed by atoms with Gasteiger partial charge in [0.05, 0.1) is 0 Å². The van der Waals surface area contributed by atoms with E-state index >= 15 is 0 Å². The van der Waals surface area contributed by atoms with Crippen LogP contribution in [0.25, 0.3) is 0 Å². The molecule has 0 heterocycles. The van der Waals surface area contributed by atoms with E-state index < -0.39 is 9.89 Å². The highest BCUT2D eigenvalue weighted by Gasteiger charge is 2.14. The van der Waals surface area contributed by atoms with Gasteiger partial charge >= 0.3 is 5.97 Å². The zero-order valence-corrected chi connectivity index (χ0v) is 9.74. The van der Waals surface area contributed by atoms with E-state index in [2.05, 4.69) is 15.9 Å². The van der Waals surface area contributed by atoms with Gasteiger partial charge < -0.3 is 5.11 Å². The Balaban J connectivity index is 2.89. The minimum Gasteiger partial charge on any atom is -0.480 e. The zero-order valence-electron chi connectivity index (χ0n) is 6.00. The molecule has 4 heteroatoms.